The second kappa shape index (κ2) is 9.48. The Labute approximate surface area is 220 Å². The van der Waals surface area contributed by atoms with E-state index in [4.69, 9.17) is 9.97 Å². The minimum absolute atomic E-state index is 0.745. The van der Waals surface area contributed by atoms with Crippen molar-refractivity contribution in [1.29, 1.82) is 0 Å². The van der Waals surface area contributed by atoms with Crippen LogP contribution in [0.1, 0.15) is 11.4 Å². The molecule has 0 aliphatic heterocycles. The first-order valence-corrected chi connectivity index (χ1v) is 12.4. The zero-order chi connectivity index (χ0) is 26.2. The maximum atomic E-state index is 4.79. The van der Waals surface area contributed by atoms with Crippen LogP contribution in [0.5, 0.6) is 0 Å². The summed E-state index contributed by atoms with van der Waals surface area (Å²) in [4.78, 5) is 23.7. The van der Waals surface area contributed by atoms with Crippen molar-refractivity contribution in [3.8, 4) is 11.4 Å². The number of imidazole rings is 1. The van der Waals surface area contributed by atoms with Crippen LogP contribution in [0.15, 0.2) is 79.1 Å². The lowest BCUT2D eigenvalue weighted by molar-refractivity contribution is 1.13. The van der Waals surface area contributed by atoms with Crippen LogP contribution >= 0.6 is 0 Å². The van der Waals surface area contributed by atoms with Crippen LogP contribution in [-0.4, -0.2) is 39.0 Å². The van der Waals surface area contributed by atoms with E-state index in [0.29, 0.717) is 0 Å². The second-order valence-corrected chi connectivity index (χ2v) is 9.60. The number of nitrogens with one attached hydrogen (secondary N) is 3. The first-order valence-electron chi connectivity index (χ1n) is 12.4. The maximum absolute atomic E-state index is 4.79. The number of aryl methyl sites for hydroxylation is 2. The van der Waals surface area contributed by atoms with Crippen molar-refractivity contribution in [2.24, 2.45) is 0 Å². The highest BCUT2D eigenvalue weighted by atomic mass is 15.1. The minimum atomic E-state index is 0.745. The summed E-state index contributed by atoms with van der Waals surface area (Å²) in [7, 11) is 4.09. The number of hydrogen-bond donors (Lipinski definition) is 3. The first-order chi connectivity index (χ1) is 18.4. The normalized spacial score (nSPS) is 11.2. The number of rotatable bonds is 6. The van der Waals surface area contributed by atoms with E-state index in [-0.39, 0.29) is 0 Å². The molecule has 0 saturated carbocycles. The molecule has 6 rings (SSSR count). The Morgan fingerprint density at radius 3 is 2.34 bits per heavy atom. The van der Waals surface area contributed by atoms with E-state index in [1.165, 1.54) is 0 Å². The fraction of sp³-hybridized carbons (Fsp3) is 0.133. The Bertz CT molecular complexity index is 1770. The summed E-state index contributed by atoms with van der Waals surface area (Å²) in [5, 5.41) is 8.03. The molecule has 8 nitrogen and oxygen atoms in total. The van der Waals surface area contributed by atoms with Crippen molar-refractivity contribution in [2.75, 3.05) is 29.6 Å². The van der Waals surface area contributed by atoms with Gasteiger partial charge >= 0.3 is 0 Å². The quantitative estimate of drug-likeness (QED) is 0.233. The van der Waals surface area contributed by atoms with Crippen LogP contribution in [0.25, 0.3) is 33.5 Å². The summed E-state index contributed by atoms with van der Waals surface area (Å²) < 4.78 is 0. The van der Waals surface area contributed by atoms with Crippen molar-refractivity contribution in [3.63, 3.8) is 0 Å². The van der Waals surface area contributed by atoms with E-state index in [9.17, 15) is 0 Å². The first kappa shape index (κ1) is 23.4. The fourth-order valence-electron chi connectivity index (χ4n) is 4.48. The molecule has 0 spiro atoms. The van der Waals surface area contributed by atoms with E-state index in [2.05, 4.69) is 79.0 Å². The van der Waals surface area contributed by atoms with Gasteiger partial charge in [-0.3, -0.25) is 9.97 Å². The molecule has 0 bridgehead atoms. The Hall–Kier alpha value is -4.98. The molecule has 0 atom stereocenters. The number of H-pyrrole nitrogens is 1. The van der Waals surface area contributed by atoms with Gasteiger partial charge in [-0.25, -0.2) is 9.97 Å². The summed E-state index contributed by atoms with van der Waals surface area (Å²) in [6, 6.07) is 22.6. The SMILES string of the molecule is Cc1cc(Nc2cnc3[nH]c(-c4ccc(Nc5cc(C)nc6ccc(N(C)C)cc56)cc4)nc3c2)ccn1. The average molecular weight is 501 g/mol. The number of anilines is 5. The van der Waals surface area contributed by atoms with Gasteiger partial charge in [0.05, 0.1) is 17.4 Å². The van der Waals surface area contributed by atoms with Gasteiger partial charge < -0.3 is 20.5 Å². The molecule has 0 aliphatic carbocycles. The Balaban J connectivity index is 1.25. The van der Waals surface area contributed by atoms with E-state index in [0.717, 1.165) is 73.3 Å². The Morgan fingerprint density at radius 2 is 1.55 bits per heavy atom. The predicted octanol–water partition coefficient (Wildman–Crippen LogP) is 6.74. The van der Waals surface area contributed by atoms with E-state index >= 15 is 0 Å². The predicted molar refractivity (Wildman–Crippen MR) is 156 cm³/mol. The molecule has 6 aromatic rings. The third-order valence-corrected chi connectivity index (χ3v) is 6.40. The zero-order valence-electron chi connectivity index (χ0n) is 21.7. The highest BCUT2D eigenvalue weighted by Gasteiger charge is 2.10. The monoisotopic (exact) mass is 500 g/mol. The number of hydrogen-bond acceptors (Lipinski definition) is 7. The summed E-state index contributed by atoms with van der Waals surface area (Å²) in [5.41, 5.74) is 10.4. The summed E-state index contributed by atoms with van der Waals surface area (Å²) in [5.74, 6) is 0.775. The van der Waals surface area contributed by atoms with E-state index in [1.54, 1.807) is 12.4 Å². The average Bonchev–Trinajstić information content (AvgIpc) is 3.32. The molecule has 0 unspecified atom stereocenters. The lowest BCUT2D eigenvalue weighted by Gasteiger charge is -2.16. The molecular formula is C30H28N8. The van der Waals surface area contributed by atoms with Gasteiger partial charge in [-0.15, -0.1) is 0 Å². The van der Waals surface area contributed by atoms with Crippen LogP contribution in [0.4, 0.5) is 28.4 Å². The van der Waals surface area contributed by atoms with Crippen molar-refractivity contribution in [2.45, 2.75) is 13.8 Å². The highest BCUT2D eigenvalue weighted by Crippen LogP contribution is 2.31. The zero-order valence-corrected chi connectivity index (χ0v) is 21.7. The second-order valence-electron chi connectivity index (χ2n) is 9.60. The molecule has 0 radical (unpaired) electrons. The van der Waals surface area contributed by atoms with Crippen LogP contribution in [0, 0.1) is 13.8 Å². The van der Waals surface area contributed by atoms with Gasteiger partial charge in [0.2, 0.25) is 0 Å². The highest BCUT2D eigenvalue weighted by molar-refractivity contribution is 5.95. The third kappa shape index (κ3) is 4.71. The van der Waals surface area contributed by atoms with Crippen LogP contribution in [-0.2, 0) is 0 Å². The molecular weight excluding hydrogens is 472 g/mol. The maximum Gasteiger partial charge on any atom is 0.157 e. The molecule has 38 heavy (non-hydrogen) atoms. The van der Waals surface area contributed by atoms with Gasteiger partial charge in [-0.05, 0) is 80.6 Å². The fourth-order valence-corrected chi connectivity index (χ4v) is 4.48. The Kier molecular flexibility index (Phi) is 5.84. The molecule has 0 amide bonds. The lowest BCUT2D eigenvalue weighted by Crippen LogP contribution is -2.08. The van der Waals surface area contributed by atoms with Crippen molar-refractivity contribution in [3.05, 3.63) is 90.5 Å². The molecule has 4 heterocycles. The number of pyridine rings is 3. The lowest BCUT2D eigenvalue weighted by atomic mass is 10.1. The molecule has 2 aromatic carbocycles. The van der Waals surface area contributed by atoms with Gasteiger partial charge in [0.1, 0.15) is 11.3 Å². The standard InChI is InChI=1S/C30H28N8/c1-18-13-22(11-12-31-18)34-23-15-28-30(32-17-23)37-29(36-28)20-5-7-21(8-6-20)35-27-14-19(2)33-26-10-9-24(38(3)4)16-25(26)27/h5-17H,1-4H3,(H,31,34)(H,33,35)(H,32,36,37). The molecule has 8 heteroatoms. The Morgan fingerprint density at radius 1 is 0.711 bits per heavy atom. The number of benzene rings is 2. The van der Waals surface area contributed by atoms with Crippen LogP contribution in [0.3, 0.4) is 0 Å². The minimum Gasteiger partial charge on any atom is -0.378 e. The molecule has 0 saturated heterocycles. The number of aromatic nitrogens is 5. The van der Waals surface area contributed by atoms with Crippen molar-refractivity contribution in [1.82, 2.24) is 24.9 Å². The molecule has 3 N–H and O–H groups in total. The smallest absolute Gasteiger partial charge is 0.157 e. The molecule has 0 aliphatic rings. The van der Waals surface area contributed by atoms with Crippen molar-refractivity contribution < 1.29 is 0 Å². The third-order valence-electron chi connectivity index (χ3n) is 6.40. The summed E-state index contributed by atoms with van der Waals surface area (Å²) in [6.45, 7) is 3.98. The van der Waals surface area contributed by atoms with Crippen molar-refractivity contribution >= 4 is 50.5 Å². The van der Waals surface area contributed by atoms with Crippen LogP contribution in [0.2, 0.25) is 0 Å². The number of aromatic amines is 1. The van der Waals surface area contributed by atoms with Crippen LogP contribution < -0.4 is 15.5 Å². The van der Waals surface area contributed by atoms with Gasteiger partial charge in [0.15, 0.2) is 5.65 Å². The molecule has 4 aromatic heterocycles. The van der Waals surface area contributed by atoms with E-state index in [1.807, 2.05) is 46.1 Å². The largest absolute Gasteiger partial charge is 0.378 e. The summed E-state index contributed by atoms with van der Waals surface area (Å²) in [6.07, 6.45) is 3.59. The summed E-state index contributed by atoms with van der Waals surface area (Å²) >= 11 is 0. The van der Waals surface area contributed by atoms with E-state index < -0.39 is 0 Å². The molecule has 0 fully saturated rings. The number of nitrogens with zero attached hydrogens (tertiary/aromatic N) is 5. The number of fused-ring (bicyclic) bond motifs is 2. The molecule has 188 valence electrons. The van der Waals surface area contributed by atoms with Gasteiger partial charge in [0, 0.05) is 65.4 Å². The van der Waals surface area contributed by atoms with Gasteiger partial charge in [0.25, 0.3) is 0 Å². The van der Waals surface area contributed by atoms with Gasteiger partial charge in [-0.2, -0.15) is 0 Å². The van der Waals surface area contributed by atoms with Gasteiger partial charge in [-0.1, -0.05) is 0 Å². The topological polar surface area (TPSA) is 94.6 Å².